The van der Waals surface area contributed by atoms with Gasteiger partial charge in [-0.25, -0.2) is 0 Å². The molecule has 0 N–H and O–H groups in total. The van der Waals surface area contributed by atoms with E-state index in [-0.39, 0.29) is 17.1 Å². The molecule has 2 saturated carbocycles. The molecule has 10 radical (unpaired) electrons. The second-order valence-corrected chi connectivity index (χ2v) is 9.08. The zero-order valence-corrected chi connectivity index (χ0v) is 21.5. The summed E-state index contributed by atoms with van der Waals surface area (Å²) in [6.07, 6.45) is 21.2. The second kappa shape index (κ2) is 12.1. The van der Waals surface area contributed by atoms with E-state index in [1.807, 2.05) is 0 Å². The van der Waals surface area contributed by atoms with Crippen molar-refractivity contribution in [2.45, 2.75) is 0 Å². The van der Waals surface area contributed by atoms with E-state index < -0.39 is 0 Å². The molecule has 37 heavy (non-hydrogen) atoms. The largest absolute Gasteiger partial charge is 0.0578 e. The average molecular weight is 514 g/mol. The first kappa shape index (κ1) is 25.8. The summed E-state index contributed by atoms with van der Waals surface area (Å²) in [5.41, 5.74) is 9.83. The van der Waals surface area contributed by atoms with Gasteiger partial charge in [0.15, 0.2) is 0 Å². The molecule has 2 fully saturated rings. The maximum atomic E-state index is 2.20. The first-order chi connectivity index (χ1) is 17.8. The SMILES string of the molecule is [CH]1[CH][CH][C](c2ccc(-c3ccc(/C=C\c4ccc(-c5ccc([C]6[CH][CH][CH][CH]6)cc5)cc4)cc3)cc2)[CH]1.[Fe]. The van der Waals surface area contributed by atoms with Crippen LogP contribution in [0.5, 0.6) is 0 Å². The molecule has 0 amide bonds. The minimum atomic E-state index is 0. The summed E-state index contributed by atoms with van der Waals surface area (Å²) in [5, 5.41) is 0. The van der Waals surface area contributed by atoms with Crippen LogP contribution in [0.25, 0.3) is 34.4 Å². The van der Waals surface area contributed by atoms with Crippen LogP contribution in [-0.4, -0.2) is 0 Å². The molecule has 2 aliphatic carbocycles. The first-order valence-electron chi connectivity index (χ1n) is 12.4. The predicted molar refractivity (Wildman–Crippen MR) is 152 cm³/mol. The molecule has 0 spiro atoms. The minimum Gasteiger partial charge on any atom is -0.0578 e. The number of hydrogen-bond acceptors (Lipinski definition) is 0. The van der Waals surface area contributed by atoms with Gasteiger partial charge in [0.2, 0.25) is 0 Å². The van der Waals surface area contributed by atoms with Crippen LogP contribution in [0.1, 0.15) is 22.3 Å². The summed E-state index contributed by atoms with van der Waals surface area (Å²) >= 11 is 0. The molecule has 0 saturated heterocycles. The molecule has 0 nitrogen and oxygen atoms in total. The molecule has 0 heterocycles. The van der Waals surface area contributed by atoms with Crippen LogP contribution in [0.3, 0.4) is 0 Å². The van der Waals surface area contributed by atoms with Gasteiger partial charge in [0, 0.05) is 28.9 Å². The van der Waals surface area contributed by atoms with Crippen molar-refractivity contribution in [3.63, 3.8) is 0 Å². The second-order valence-electron chi connectivity index (χ2n) is 9.08. The standard InChI is InChI=1S/C36H26.Fe/c1-2-6-29(5-1)33-19-23-35(24-20-33)31-15-11-27(12-16-31)9-10-28-13-17-32(18-14-28)36-25-21-34(22-26-36)30-7-3-4-8-30;/h1-26H;/b10-9-;. The van der Waals surface area contributed by atoms with E-state index in [1.165, 1.54) is 56.3 Å². The fraction of sp³-hybridized carbons (Fsp3) is 0. The van der Waals surface area contributed by atoms with Gasteiger partial charge in [-0.2, -0.15) is 0 Å². The van der Waals surface area contributed by atoms with E-state index in [2.05, 4.69) is 161 Å². The molecule has 6 rings (SSSR count). The molecule has 0 aliphatic heterocycles. The monoisotopic (exact) mass is 514 g/mol. The van der Waals surface area contributed by atoms with Crippen molar-refractivity contribution in [2.75, 3.05) is 0 Å². The van der Waals surface area contributed by atoms with Gasteiger partial charge in [-0.1, -0.05) is 109 Å². The van der Waals surface area contributed by atoms with Crippen LogP contribution in [0, 0.1) is 63.2 Å². The van der Waals surface area contributed by atoms with Crippen LogP contribution in [0.2, 0.25) is 0 Å². The van der Waals surface area contributed by atoms with E-state index in [0.717, 1.165) is 0 Å². The Morgan fingerprint density at radius 2 is 0.541 bits per heavy atom. The van der Waals surface area contributed by atoms with Gasteiger partial charge < -0.3 is 0 Å². The van der Waals surface area contributed by atoms with Gasteiger partial charge in [-0.05, 0) is 95.9 Å². The summed E-state index contributed by atoms with van der Waals surface area (Å²) < 4.78 is 0. The average Bonchev–Trinajstić information content (AvgIpc) is 3.68. The van der Waals surface area contributed by atoms with Gasteiger partial charge in [-0.15, -0.1) is 0 Å². The molecule has 1 heteroatoms. The first-order valence-corrected chi connectivity index (χ1v) is 12.4. The Kier molecular flexibility index (Phi) is 8.44. The topological polar surface area (TPSA) is 0 Å². The van der Waals surface area contributed by atoms with Crippen molar-refractivity contribution in [2.24, 2.45) is 0 Å². The Morgan fingerprint density at radius 1 is 0.297 bits per heavy atom. The van der Waals surface area contributed by atoms with E-state index in [4.69, 9.17) is 0 Å². The van der Waals surface area contributed by atoms with Crippen molar-refractivity contribution in [3.05, 3.63) is 183 Å². The third-order valence-corrected chi connectivity index (χ3v) is 6.72. The van der Waals surface area contributed by atoms with E-state index >= 15 is 0 Å². The van der Waals surface area contributed by atoms with E-state index in [1.54, 1.807) is 0 Å². The Morgan fingerprint density at radius 3 is 0.838 bits per heavy atom. The summed E-state index contributed by atoms with van der Waals surface area (Å²) in [6.45, 7) is 0. The molecule has 0 aromatic heterocycles. The fourth-order valence-electron chi connectivity index (χ4n) is 4.61. The third kappa shape index (κ3) is 6.17. The van der Waals surface area contributed by atoms with Crippen molar-refractivity contribution in [3.8, 4) is 22.3 Å². The van der Waals surface area contributed by atoms with Gasteiger partial charge in [0.25, 0.3) is 0 Å². The minimum absolute atomic E-state index is 0. The van der Waals surface area contributed by atoms with Crippen molar-refractivity contribution in [1.29, 1.82) is 0 Å². The summed E-state index contributed by atoms with van der Waals surface area (Å²) in [6, 6.07) is 35.1. The molecule has 4 aromatic rings. The molecule has 2 aliphatic rings. The fourth-order valence-corrected chi connectivity index (χ4v) is 4.61. The van der Waals surface area contributed by atoms with Crippen LogP contribution >= 0.6 is 0 Å². The van der Waals surface area contributed by atoms with Gasteiger partial charge in [-0.3, -0.25) is 0 Å². The Hall–Kier alpha value is -2.86. The van der Waals surface area contributed by atoms with Crippen LogP contribution in [0.4, 0.5) is 0 Å². The van der Waals surface area contributed by atoms with Gasteiger partial charge in [0.1, 0.15) is 0 Å². The van der Waals surface area contributed by atoms with E-state index in [9.17, 15) is 0 Å². The molecular formula is C36H26Fe. The maximum absolute atomic E-state index is 2.20. The predicted octanol–water partition coefficient (Wildman–Crippen LogP) is 8.70. The van der Waals surface area contributed by atoms with Crippen molar-refractivity contribution >= 4 is 12.2 Å². The van der Waals surface area contributed by atoms with Crippen molar-refractivity contribution in [1.82, 2.24) is 0 Å². The van der Waals surface area contributed by atoms with Crippen LogP contribution in [-0.2, 0) is 17.1 Å². The van der Waals surface area contributed by atoms with Crippen LogP contribution < -0.4 is 0 Å². The summed E-state index contributed by atoms with van der Waals surface area (Å²) in [5.74, 6) is 2.53. The van der Waals surface area contributed by atoms with Crippen LogP contribution in [0.15, 0.2) is 97.1 Å². The number of benzene rings is 4. The van der Waals surface area contributed by atoms with E-state index in [0.29, 0.717) is 0 Å². The van der Waals surface area contributed by atoms with Crippen molar-refractivity contribution < 1.29 is 17.1 Å². The summed E-state index contributed by atoms with van der Waals surface area (Å²) in [4.78, 5) is 0. The molecule has 178 valence electrons. The maximum Gasteiger partial charge on any atom is 0.0124 e. The smallest absolute Gasteiger partial charge is 0.0124 e. The normalized spacial score (nSPS) is 16.3. The molecule has 4 aromatic carbocycles. The zero-order chi connectivity index (χ0) is 24.2. The summed E-state index contributed by atoms with van der Waals surface area (Å²) in [7, 11) is 0. The van der Waals surface area contributed by atoms with Gasteiger partial charge in [0.05, 0.1) is 0 Å². The molecule has 0 bridgehead atoms. The number of hydrogen-bond donors (Lipinski definition) is 0. The Balaban J connectivity index is 0.00000280. The molecule has 0 atom stereocenters. The Labute approximate surface area is 233 Å². The zero-order valence-electron chi connectivity index (χ0n) is 20.4. The molecular weight excluding hydrogens is 488 g/mol. The third-order valence-electron chi connectivity index (χ3n) is 6.72. The Bertz CT molecular complexity index is 1180. The van der Waals surface area contributed by atoms with Gasteiger partial charge >= 0.3 is 0 Å². The quantitative estimate of drug-likeness (QED) is 0.178. The number of rotatable bonds is 6. The molecule has 0 unspecified atom stereocenters.